The third-order valence-corrected chi connectivity index (χ3v) is 3.31. The van der Waals surface area contributed by atoms with Crippen LogP contribution < -0.4 is 10.6 Å². The molecule has 0 saturated carbocycles. The fourth-order valence-corrected chi connectivity index (χ4v) is 2.44. The maximum absolute atomic E-state index is 6.20. The Kier molecular flexibility index (Phi) is 3.69. The lowest BCUT2D eigenvalue weighted by atomic mass is 9.95. The van der Waals surface area contributed by atoms with E-state index in [1.165, 1.54) is 16.7 Å². The van der Waals surface area contributed by atoms with Gasteiger partial charge in [0.2, 0.25) is 0 Å². The molecule has 0 fully saturated rings. The second kappa shape index (κ2) is 5.04. The second-order valence-corrected chi connectivity index (χ2v) is 4.43. The van der Waals surface area contributed by atoms with E-state index in [9.17, 15) is 0 Å². The van der Waals surface area contributed by atoms with Gasteiger partial charge in [-0.2, -0.15) is 0 Å². The molecule has 0 amide bonds. The van der Waals surface area contributed by atoms with Gasteiger partial charge in [-0.3, -0.25) is 0 Å². The van der Waals surface area contributed by atoms with Crippen LogP contribution in [0.1, 0.15) is 23.1 Å². The van der Waals surface area contributed by atoms with Crippen LogP contribution in [0.25, 0.3) is 0 Å². The van der Waals surface area contributed by atoms with Gasteiger partial charge in [0.15, 0.2) is 0 Å². The first-order valence-electron chi connectivity index (χ1n) is 5.49. The summed E-state index contributed by atoms with van der Waals surface area (Å²) in [5.41, 5.74) is 3.70. The van der Waals surface area contributed by atoms with Crippen molar-refractivity contribution in [3.63, 3.8) is 0 Å². The molecule has 0 bridgehead atoms. The third-order valence-electron chi connectivity index (χ3n) is 3.03. The normalized spacial score (nSPS) is 14.4. The Morgan fingerprint density at radius 3 is 3.12 bits per heavy atom. The first-order chi connectivity index (χ1) is 7.74. The number of halogens is 1. The zero-order valence-corrected chi connectivity index (χ0v) is 10.1. The van der Waals surface area contributed by atoms with Crippen LogP contribution in [-0.4, -0.2) is 13.2 Å². The van der Waals surface area contributed by atoms with Gasteiger partial charge >= 0.3 is 0 Å². The molecule has 3 nitrogen and oxygen atoms in total. The van der Waals surface area contributed by atoms with Crippen molar-refractivity contribution in [2.75, 3.05) is 13.2 Å². The van der Waals surface area contributed by atoms with E-state index in [1.54, 1.807) is 0 Å². The first kappa shape index (κ1) is 11.7. The molecule has 1 aromatic carbocycles. The van der Waals surface area contributed by atoms with Crippen molar-refractivity contribution in [1.29, 1.82) is 0 Å². The molecule has 2 rings (SSSR count). The van der Waals surface area contributed by atoms with E-state index in [-0.39, 0.29) is 0 Å². The largest absolute Gasteiger partial charge is 0.492 e. The predicted octanol–water partition coefficient (Wildman–Crippen LogP) is 2.41. The van der Waals surface area contributed by atoms with Gasteiger partial charge in [-0.25, -0.2) is 5.90 Å². The van der Waals surface area contributed by atoms with E-state index >= 15 is 0 Å². The predicted molar refractivity (Wildman–Crippen MR) is 63.8 cm³/mol. The molecule has 0 unspecified atom stereocenters. The number of hydrogen-bond acceptors (Lipinski definition) is 3. The molecule has 0 aromatic heterocycles. The van der Waals surface area contributed by atoms with Gasteiger partial charge in [-0.05, 0) is 48.9 Å². The summed E-state index contributed by atoms with van der Waals surface area (Å²) in [7, 11) is 0. The molecule has 1 aromatic rings. The summed E-state index contributed by atoms with van der Waals surface area (Å²) in [4.78, 5) is 4.61. The minimum Gasteiger partial charge on any atom is -0.492 e. The van der Waals surface area contributed by atoms with Gasteiger partial charge in [0.05, 0.1) is 18.2 Å². The highest BCUT2D eigenvalue weighted by molar-refractivity contribution is 6.32. The van der Waals surface area contributed by atoms with Gasteiger partial charge in [0, 0.05) is 0 Å². The Balaban J connectivity index is 2.37. The minimum atomic E-state index is 0.511. The number of ether oxygens (including phenoxy) is 1. The summed E-state index contributed by atoms with van der Waals surface area (Å²) < 4.78 is 5.61. The minimum absolute atomic E-state index is 0.511. The van der Waals surface area contributed by atoms with Gasteiger partial charge in [-0.1, -0.05) is 11.6 Å². The summed E-state index contributed by atoms with van der Waals surface area (Å²) in [5.74, 6) is 5.91. The molecule has 2 N–H and O–H groups in total. The van der Waals surface area contributed by atoms with Crippen LogP contribution in [0.3, 0.4) is 0 Å². The van der Waals surface area contributed by atoms with Crippen molar-refractivity contribution in [2.45, 2.75) is 26.2 Å². The summed E-state index contributed by atoms with van der Waals surface area (Å²) >= 11 is 6.20. The molecule has 0 spiro atoms. The Morgan fingerprint density at radius 1 is 1.56 bits per heavy atom. The summed E-state index contributed by atoms with van der Waals surface area (Å²) in [5, 5.41) is 0.701. The van der Waals surface area contributed by atoms with Crippen LogP contribution in [0.15, 0.2) is 6.07 Å². The number of hydrogen-bond donors (Lipinski definition) is 1. The second-order valence-electron chi connectivity index (χ2n) is 4.02. The monoisotopic (exact) mass is 241 g/mol. The van der Waals surface area contributed by atoms with Gasteiger partial charge in [0.25, 0.3) is 0 Å². The highest BCUT2D eigenvalue weighted by Gasteiger charge is 2.18. The van der Waals surface area contributed by atoms with E-state index in [0.29, 0.717) is 11.6 Å². The Hall–Kier alpha value is -0.770. The number of nitrogens with two attached hydrogens (primary N) is 1. The molecular formula is C12H16ClNO2. The molecule has 1 heterocycles. The average Bonchev–Trinajstić information content (AvgIpc) is 2.32. The lowest BCUT2D eigenvalue weighted by Gasteiger charge is -2.22. The highest BCUT2D eigenvalue weighted by Crippen LogP contribution is 2.37. The van der Waals surface area contributed by atoms with Gasteiger partial charge < -0.3 is 9.57 Å². The van der Waals surface area contributed by atoms with Crippen molar-refractivity contribution in [3.05, 3.63) is 27.8 Å². The number of benzene rings is 1. The zero-order valence-electron chi connectivity index (χ0n) is 9.38. The van der Waals surface area contributed by atoms with Crippen molar-refractivity contribution >= 4 is 11.6 Å². The average molecular weight is 242 g/mol. The number of fused-ring (bicyclic) bond motifs is 1. The molecule has 0 atom stereocenters. The van der Waals surface area contributed by atoms with Gasteiger partial charge in [-0.15, -0.1) is 0 Å². The molecule has 0 radical (unpaired) electrons. The standard InChI is InChI=1S/C12H16ClNO2/c1-8-9(4-6-16-14)7-11(13)12-10(8)3-2-5-15-12/h7H,2-6,14H2,1H3. The zero-order chi connectivity index (χ0) is 11.5. The van der Waals surface area contributed by atoms with E-state index in [0.717, 1.165) is 31.6 Å². The summed E-state index contributed by atoms with van der Waals surface area (Å²) in [6, 6.07) is 1.96. The Bertz CT molecular complexity index is 393. The lowest BCUT2D eigenvalue weighted by molar-refractivity contribution is 0.141. The maximum atomic E-state index is 6.20. The highest BCUT2D eigenvalue weighted by atomic mass is 35.5. The Labute approximate surface area is 100 Å². The molecule has 16 heavy (non-hydrogen) atoms. The van der Waals surface area contributed by atoms with E-state index < -0.39 is 0 Å². The van der Waals surface area contributed by atoms with Gasteiger partial charge in [0.1, 0.15) is 5.75 Å². The third kappa shape index (κ3) is 2.17. The molecule has 0 saturated heterocycles. The Morgan fingerprint density at radius 2 is 2.38 bits per heavy atom. The van der Waals surface area contributed by atoms with Crippen LogP contribution in [0.2, 0.25) is 5.02 Å². The molecule has 4 heteroatoms. The van der Waals surface area contributed by atoms with Crippen LogP contribution in [0, 0.1) is 6.92 Å². The fraction of sp³-hybridized carbons (Fsp3) is 0.500. The SMILES string of the molecule is Cc1c(CCON)cc(Cl)c2c1CCCO2. The topological polar surface area (TPSA) is 44.5 Å². The molecule has 1 aliphatic rings. The van der Waals surface area contributed by atoms with E-state index in [1.807, 2.05) is 6.07 Å². The van der Waals surface area contributed by atoms with Crippen molar-refractivity contribution in [1.82, 2.24) is 0 Å². The summed E-state index contributed by atoms with van der Waals surface area (Å²) in [6.45, 7) is 3.38. The molecule has 1 aliphatic heterocycles. The van der Waals surface area contributed by atoms with Crippen molar-refractivity contribution in [2.24, 2.45) is 5.90 Å². The van der Waals surface area contributed by atoms with Crippen LogP contribution >= 0.6 is 11.6 Å². The molecule has 0 aliphatic carbocycles. The lowest BCUT2D eigenvalue weighted by Crippen LogP contribution is -2.12. The maximum Gasteiger partial charge on any atom is 0.141 e. The van der Waals surface area contributed by atoms with Crippen molar-refractivity contribution < 1.29 is 9.57 Å². The van der Waals surface area contributed by atoms with Crippen LogP contribution in [0.4, 0.5) is 0 Å². The number of rotatable bonds is 3. The molecular weight excluding hydrogens is 226 g/mol. The smallest absolute Gasteiger partial charge is 0.141 e. The first-order valence-corrected chi connectivity index (χ1v) is 5.87. The fourth-order valence-electron chi connectivity index (χ4n) is 2.14. The van der Waals surface area contributed by atoms with Crippen LogP contribution in [0.5, 0.6) is 5.75 Å². The van der Waals surface area contributed by atoms with E-state index in [2.05, 4.69) is 11.8 Å². The van der Waals surface area contributed by atoms with E-state index in [4.69, 9.17) is 22.2 Å². The quantitative estimate of drug-likeness (QED) is 0.827. The summed E-state index contributed by atoms with van der Waals surface area (Å²) in [6.07, 6.45) is 2.88. The van der Waals surface area contributed by atoms with Crippen molar-refractivity contribution in [3.8, 4) is 5.75 Å². The van der Waals surface area contributed by atoms with Crippen LogP contribution in [-0.2, 0) is 17.7 Å². The molecule has 88 valence electrons.